The first kappa shape index (κ1) is 14.2. The number of amides is 2. The van der Waals surface area contributed by atoms with Crippen LogP contribution in [0.25, 0.3) is 0 Å². The maximum Gasteiger partial charge on any atom is 0.319 e. The van der Waals surface area contributed by atoms with Gasteiger partial charge in [0.1, 0.15) is 0 Å². The highest BCUT2D eigenvalue weighted by Gasteiger charge is 2.12. The SMILES string of the molecule is COCCNC(=O)Nc1ccc(Br)c(Cl)c1F. The van der Waals surface area contributed by atoms with Crippen LogP contribution in [0.2, 0.25) is 5.02 Å². The highest BCUT2D eigenvalue weighted by molar-refractivity contribution is 9.10. The molecule has 4 nitrogen and oxygen atoms in total. The third-order valence-electron chi connectivity index (χ3n) is 1.88. The summed E-state index contributed by atoms with van der Waals surface area (Å²) in [6.07, 6.45) is 0. The van der Waals surface area contributed by atoms with Crippen LogP contribution in [-0.2, 0) is 4.74 Å². The Kier molecular flexibility index (Phi) is 5.67. The van der Waals surface area contributed by atoms with Crippen LogP contribution in [0.4, 0.5) is 14.9 Å². The van der Waals surface area contributed by atoms with Crippen molar-refractivity contribution in [2.45, 2.75) is 0 Å². The van der Waals surface area contributed by atoms with Gasteiger partial charge in [-0.25, -0.2) is 9.18 Å². The number of carbonyl (C=O) groups excluding carboxylic acids is 1. The van der Waals surface area contributed by atoms with Gasteiger partial charge in [-0.1, -0.05) is 11.6 Å². The molecular formula is C10H11BrClFN2O2. The average molecular weight is 326 g/mol. The molecule has 0 bridgehead atoms. The third-order valence-corrected chi connectivity index (χ3v) is 3.13. The molecule has 0 fully saturated rings. The fourth-order valence-electron chi connectivity index (χ4n) is 1.06. The number of benzene rings is 1. The Morgan fingerprint density at radius 2 is 2.29 bits per heavy atom. The Morgan fingerprint density at radius 1 is 1.59 bits per heavy atom. The first-order valence-corrected chi connectivity index (χ1v) is 5.90. The number of halogens is 3. The first-order chi connectivity index (χ1) is 8.06. The number of carbonyl (C=O) groups is 1. The summed E-state index contributed by atoms with van der Waals surface area (Å²) in [5.74, 6) is -0.678. The van der Waals surface area contributed by atoms with Crippen molar-refractivity contribution in [3.63, 3.8) is 0 Å². The molecule has 0 unspecified atom stereocenters. The zero-order chi connectivity index (χ0) is 12.8. The monoisotopic (exact) mass is 324 g/mol. The van der Waals surface area contributed by atoms with Crippen molar-refractivity contribution < 1.29 is 13.9 Å². The van der Waals surface area contributed by atoms with E-state index in [0.717, 1.165) is 0 Å². The molecule has 0 heterocycles. The van der Waals surface area contributed by atoms with Gasteiger partial charge in [-0.15, -0.1) is 0 Å². The molecule has 94 valence electrons. The molecule has 0 saturated carbocycles. The second kappa shape index (κ2) is 6.78. The molecule has 2 amide bonds. The van der Waals surface area contributed by atoms with Gasteiger partial charge in [-0.3, -0.25) is 0 Å². The van der Waals surface area contributed by atoms with Crippen molar-refractivity contribution in [2.24, 2.45) is 0 Å². The van der Waals surface area contributed by atoms with Crippen LogP contribution in [0.3, 0.4) is 0 Å². The van der Waals surface area contributed by atoms with Gasteiger partial charge in [0.15, 0.2) is 5.82 Å². The van der Waals surface area contributed by atoms with Gasteiger partial charge in [0, 0.05) is 18.1 Å². The second-order valence-corrected chi connectivity index (χ2v) is 4.33. The highest BCUT2D eigenvalue weighted by atomic mass is 79.9. The minimum Gasteiger partial charge on any atom is -0.383 e. The van der Waals surface area contributed by atoms with Crippen LogP contribution in [0.5, 0.6) is 0 Å². The van der Waals surface area contributed by atoms with E-state index in [9.17, 15) is 9.18 Å². The lowest BCUT2D eigenvalue weighted by Crippen LogP contribution is -2.31. The number of hydrogen-bond donors (Lipinski definition) is 2. The van der Waals surface area contributed by atoms with Crippen molar-refractivity contribution >= 4 is 39.2 Å². The lowest BCUT2D eigenvalue weighted by molar-refractivity contribution is 0.198. The average Bonchev–Trinajstić information content (AvgIpc) is 2.30. The predicted octanol–water partition coefficient (Wildman–Crippen LogP) is 3.01. The number of ether oxygens (including phenoxy) is 1. The van der Waals surface area contributed by atoms with Crippen LogP contribution < -0.4 is 10.6 Å². The van der Waals surface area contributed by atoms with Crippen LogP contribution in [-0.4, -0.2) is 26.3 Å². The van der Waals surface area contributed by atoms with Crippen LogP contribution in [0.1, 0.15) is 0 Å². The molecule has 17 heavy (non-hydrogen) atoms. The van der Waals surface area contributed by atoms with E-state index in [1.807, 2.05) is 0 Å². The Balaban J connectivity index is 2.63. The number of urea groups is 1. The number of anilines is 1. The topological polar surface area (TPSA) is 50.4 Å². The highest BCUT2D eigenvalue weighted by Crippen LogP contribution is 2.30. The smallest absolute Gasteiger partial charge is 0.319 e. The Labute approximate surface area is 112 Å². The second-order valence-electron chi connectivity index (χ2n) is 3.10. The standard InChI is InChI=1S/C10H11BrClFN2O2/c1-17-5-4-14-10(16)15-7-3-2-6(11)8(12)9(7)13/h2-3H,4-5H2,1H3,(H2,14,15,16). The summed E-state index contributed by atoms with van der Waals surface area (Å²) in [6.45, 7) is 0.727. The van der Waals surface area contributed by atoms with E-state index < -0.39 is 11.8 Å². The summed E-state index contributed by atoms with van der Waals surface area (Å²) >= 11 is 8.76. The molecule has 0 aliphatic heterocycles. The quantitative estimate of drug-likeness (QED) is 0.660. The maximum atomic E-state index is 13.6. The van der Waals surface area contributed by atoms with Crippen molar-refractivity contribution in [1.29, 1.82) is 0 Å². The summed E-state index contributed by atoms with van der Waals surface area (Å²) in [5.41, 5.74) is 0.0214. The van der Waals surface area contributed by atoms with E-state index >= 15 is 0 Å². The van der Waals surface area contributed by atoms with Crippen molar-refractivity contribution in [3.05, 3.63) is 27.4 Å². The molecule has 0 atom stereocenters. The molecule has 7 heteroatoms. The molecule has 0 saturated heterocycles. The summed E-state index contributed by atoms with van der Waals surface area (Å²) in [7, 11) is 1.52. The van der Waals surface area contributed by atoms with Crippen molar-refractivity contribution in [2.75, 3.05) is 25.6 Å². The van der Waals surface area contributed by atoms with Crippen LogP contribution >= 0.6 is 27.5 Å². The Morgan fingerprint density at radius 3 is 2.94 bits per heavy atom. The lowest BCUT2D eigenvalue weighted by atomic mass is 10.3. The van der Waals surface area contributed by atoms with Crippen LogP contribution in [0.15, 0.2) is 16.6 Å². The predicted molar refractivity (Wildman–Crippen MR) is 68.0 cm³/mol. The van der Waals surface area contributed by atoms with Gasteiger partial charge in [0.25, 0.3) is 0 Å². The molecule has 1 aromatic carbocycles. The molecule has 1 aromatic rings. The number of methoxy groups -OCH3 is 1. The fraction of sp³-hybridized carbons (Fsp3) is 0.300. The largest absolute Gasteiger partial charge is 0.383 e. The summed E-state index contributed by atoms with van der Waals surface area (Å²) in [6, 6.07) is 2.46. The van der Waals surface area contributed by atoms with Gasteiger partial charge in [-0.05, 0) is 28.1 Å². The van der Waals surface area contributed by atoms with E-state index in [1.165, 1.54) is 13.2 Å². The molecule has 0 radical (unpaired) electrons. The third kappa shape index (κ3) is 4.14. The van der Waals surface area contributed by atoms with Gasteiger partial charge >= 0.3 is 6.03 Å². The van der Waals surface area contributed by atoms with Gasteiger partial charge in [-0.2, -0.15) is 0 Å². The van der Waals surface area contributed by atoms with Gasteiger partial charge in [0.05, 0.1) is 17.3 Å². The van der Waals surface area contributed by atoms with E-state index in [-0.39, 0.29) is 10.7 Å². The molecule has 0 spiro atoms. The first-order valence-electron chi connectivity index (χ1n) is 4.73. The molecular weight excluding hydrogens is 314 g/mol. The van der Waals surface area contributed by atoms with Gasteiger partial charge in [0.2, 0.25) is 0 Å². The molecule has 1 rings (SSSR count). The molecule has 0 aromatic heterocycles. The number of hydrogen-bond acceptors (Lipinski definition) is 2. The summed E-state index contributed by atoms with van der Waals surface area (Å²) in [4.78, 5) is 11.3. The van der Waals surface area contributed by atoms with E-state index in [4.69, 9.17) is 16.3 Å². The van der Waals surface area contributed by atoms with Crippen LogP contribution in [0, 0.1) is 5.82 Å². The maximum absolute atomic E-state index is 13.6. The Bertz CT molecular complexity index is 418. The molecule has 0 aliphatic carbocycles. The molecule has 0 aliphatic rings. The number of nitrogens with one attached hydrogen (secondary N) is 2. The Hall–Kier alpha value is -0.850. The van der Waals surface area contributed by atoms with Gasteiger partial charge < -0.3 is 15.4 Å². The molecule has 2 N–H and O–H groups in total. The van der Waals surface area contributed by atoms with Crippen molar-refractivity contribution in [1.82, 2.24) is 5.32 Å². The minimum atomic E-state index is -0.678. The zero-order valence-electron chi connectivity index (χ0n) is 9.02. The fourth-order valence-corrected chi connectivity index (χ4v) is 1.53. The number of rotatable bonds is 4. The zero-order valence-corrected chi connectivity index (χ0v) is 11.4. The lowest BCUT2D eigenvalue weighted by Gasteiger charge is -2.09. The minimum absolute atomic E-state index is 0.0214. The van der Waals surface area contributed by atoms with Crippen molar-refractivity contribution in [3.8, 4) is 0 Å². The summed E-state index contributed by atoms with van der Waals surface area (Å²) in [5, 5.41) is 4.78. The van der Waals surface area contributed by atoms with E-state index in [0.29, 0.717) is 17.6 Å². The van der Waals surface area contributed by atoms with E-state index in [2.05, 4.69) is 26.6 Å². The summed E-state index contributed by atoms with van der Waals surface area (Å²) < 4.78 is 18.8. The van der Waals surface area contributed by atoms with E-state index in [1.54, 1.807) is 6.07 Å². The normalized spacial score (nSPS) is 10.1.